The van der Waals surface area contributed by atoms with Crippen molar-refractivity contribution in [3.8, 4) is 0 Å². The Labute approximate surface area is 65.5 Å². The average Bonchev–Trinajstić information content (AvgIpc) is 1.63. The summed E-state index contributed by atoms with van der Waals surface area (Å²) in [5, 5.41) is 0. The molecule has 0 rings (SSSR count). The summed E-state index contributed by atoms with van der Waals surface area (Å²) in [5.41, 5.74) is 0. The third kappa shape index (κ3) is 7.81. The van der Waals surface area contributed by atoms with Gasteiger partial charge in [-0.3, -0.25) is 0 Å². The molecule has 0 heterocycles. The van der Waals surface area contributed by atoms with E-state index in [1.165, 1.54) is 13.8 Å². The molecular weight excluding hydrogens is 223 g/mol. The van der Waals surface area contributed by atoms with Crippen LogP contribution in [-0.2, 0) is 9.59 Å². The van der Waals surface area contributed by atoms with E-state index in [0.29, 0.717) is 0 Å². The summed E-state index contributed by atoms with van der Waals surface area (Å²) in [6, 6.07) is 0. The van der Waals surface area contributed by atoms with Gasteiger partial charge in [-0.25, -0.2) is 0 Å². The van der Waals surface area contributed by atoms with E-state index in [4.69, 9.17) is 0 Å². The molecule has 0 aliphatic heterocycles. The first-order valence-electron chi connectivity index (χ1n) is 2.62. The maximum atomic E-state index is 10.2. The zero-order valence-corrected chi connectivity index (χ0v) is 9.56. The van der Waals surface area contributed by atoms with Crippen LogP contribution in [0.25, 0.3) is 0 Å². The van der Waals surface area contributed by atoms with Gasteiger partial charge in [-0.2, -0.15) is 0 Å². The summed E-state index contributed by atoms with van der Waals surface area (Å²) in [6.45, 7) is 2.89. The predicted octanol–water partition coefficient (Wildman–Crippen LogP) is -1.47. The molecule has 0 unspecified atom stereocenters. The Balaban J connectivity index is 3.10. The van der Waals surface area contributed by atoms with Crippen molar-refractivity contribution >= 4 is 35.3 Å². The van der Waals surface area contributed by atoms with Crippen LogP contribution in [-0.4, -0.2) is 35.3 Å². The second-order valence-corrected chi connectivity index (χ2v) is 4.67. The van der Waals surface area contributed by atoms with Crippen LogP contribution >= 0.6 is 0 Å². The van der Waals surface area contributed by atoms with Crippen LogP contribution in [0.15, 0.2) is 0 Å². The monoisotopic (exact) mass is 232 g/mol. The summed E-state index contributed by atoms with van der Waals surface area (Å²) in [6.07, 6.45) is 0. The fraction of sp³-hybridized carbons (Fsp3) is 0.500. The first kappa shape index (κ1) is 8.81. The van der Waals surface area contributed by atoms with E-state index < -0.39 is 23.5 Å². The third-order valence-corrected chi connectivity index (χ3v) is 4.53. The number of carbonyl (C=O) groups excluding carboxylic acids is 2. The van der Waals surface area contributed by atoms with Crippen LogP contribution in [0, 0.1) is 0 Å². The first-order chi connectivity index (χ1) is 4.13. The molecule has 4 nitrogen and oxygen atoms in total. The number of rotatable bonds is 2. The number of nitrogens with one attached hydrogen (secondary N) is 2. The molecule has 0 saturated carbocycles. The molecule has 0 aromatic carbocycles. The van der Waals surface area contributed by atoms with Crippen molar-refractivity contribution < 1.29 is 9.59 Å². The van der Waals surface area contributed by atoms with Crippen molar-refractivity contribution in [2.24, 2.45) is 0 Å². The van der Waals surface area contributed by atoms with E-state index in [1.54, 1.807) is 0 Å². The summed E-state index contributed by atoms with van der Waals surface area (Å²) < 4.78 is 5.23. The van der Waals surface area contributed by atoms with Gasteiger partial charge in [0, 0.05) is 0 Å². The topological polar surface area (TPSA) is 58.2 Å². The molecule has 0 radical (unpaired) electrons. The van der Waals surface area contributed by atoms with Gasteiger partial charge in [0.15, 0.2) is 0 Å². The Hall–Kier alpha value is -0.190. The van der Waals surface area contributed by atoms with Crippen molar-refractivity contribution in [2.75, 3.05) is 0 Å². The van der Waals surface area contributed by atoms with Gasteiger partial charge in [0.1, 0.15) is 0 Å². The fourth-order valence-corrected chi connectivity index (χ4v) is 1.97. The molecule has 2 N–H and O–H groups in total. The maximum absolute atomic E-state index is 10.2. The molecule has 0 aliphatic rings. The first-order valence-corrected chi connectivity index (χ1v) is 6.65. The molecule has 2 amide bonds. The van der Waals surface area contributed by atoms with Gasteiger partial charge in [-0.1, -0.05) is 0 Å². The fourth-order valence-electron chi connectivity index (χ4n) is 0.293. The Bertz CT molecular complexity index is 112. The van der Waals surface area contributed by atoms with Gasteiger partial charge in [-0.05, 0) is 0 Å². The van der Waals surface area contributed by atoms with Crippen molar-refractivity contribution in [2.45, 2.75) is 13.8 Å². The number of hydrogen-bond donors (Lipinski definition) is 2. The Morgan fingerprint density at radius 1 is 1.11 bits per heavy atom. The zero-order chi connectivity index (χ0) is 7.28. The summed E-state index contributed by atoms with van der Waals surface area (Å²) in [4.78, 5) is 20.4. The summed E-state index contributed by atoms with van der Waals surface area (Å²) in [5.74, 6) is -0.112. The van der Waals surface area contributed by atoms with E-state index in [1.807, 2.05) is 0 Å². The molecule has 0 aromatic rings. The van der Waals surface area contributed by atoms with E-state index in [-0.39, 0.29) is 11.8 Å². The second-order valence-electron chi connectivity index (χ2n) is 1.64. The van der Waals surface area contributed by atoms with Crippen LogP contribution in [0.1, 0.15) is 13.8 Å². The van der Waals surface area contributed by atoms with Crippen LogP contribution in [0.4, 0.5) is 0 Å². The molecular formula is C4H9InN2O2. The standard InChI is InChI=1S/2C2H5NO.In.H/c2*1-2(3)4;;/h2*1H3,(H2,3,4);;/q;;+2;/p-2. The number of amides is 2. The van der Waals surface area contributed by atoms with Gasteiger partial charge in [0.05, 0.1) is 0 Å². The van der Waals surface area contributed by atoms with E-state index in [2.05, 4.69) is 6.61 Å². The molecule has 50 valence electrons. The molecule has 0 atom stereocenters. The Morgan fingerprint density at radius 3 is 1.67 bits per heavy atom. The summed E-state index contributed by atoms with van der Waals surface area (Å²) >= 11 is -1.44. The van der Waals surface area contributed by atoms with Crippen LogP contribution < -0.4 is 6.61 Å². The number of hydrogen-bond acceptors (Lipinski definition) is 2. The van der Waals surface area contributed by atoms with Gasteiger partial charge in [-0.15, -0.1) is 0 Å². The molecule has 5 heteroatoms. The Kier molecular flexibility index (Phi) is 4.57. The van der Waals surface area contributed by atoms with Gasteiger partial charge in [0.2, 0.25) is 0 Å². The Morgan fingerprint density at radius 2 is 1.44 bits per heavy atom. The van der Waals surface area contributed by atoms with Crippen LogP contribution in [0.3, 0.4) is 0 Å². The number of carbonyl (C=O) groups is 2. The third-order valence-electron chi connectivity index (χ3n) is 0.675. The SMILES string of the molecule is CC(=O)[NH][InH][NH]C(C)=O. The molecule has 0 bridgehead atoms. The van der Waals surface area contributed by atoms with E-state index in [9.17, 15) is 9.59 Å². The average molecular weight is 232 g/mol. The normalized spacial score (nSPS) is 7.78. The van der Waals surface area contributed by atoms with Gasteiger partial charge in [0.25, 0.3) is 0 Å². The van der Waals surface area contributed by atoms with Gasteiger partial charge < -0.3 is 0 Å². The van der Waals surface area contributed by atoms with Crippen molar-refractivity contribution in [3.63, 3.8) is 0 Å². The van der Waals surface area contributed by atoms with Crippen LogP contribution in [0.5, 0.6) is 0 Å². The molecule has 0 fully saturated rings. The van der Waals surface area contributed by atoms with E-state index in [0.717, 1.165) is 0 Å². The molecule has 0 aromatic heterocycles. The second kappa shape index (κ2) is 4.67. The molecule has 9 heavy (non-hydrogen) atoms. The van der Waals surface area contributed by atoms with Crippen molar-refractivity contribution in [3.05, 3.63) is 0 Å². The molecule has 0 saturated heterocycles. The van der Waals surface area contributed by atoms with Crippen molar-refractivity contribution in [1.29, 1.82) is 0 Å². The van der Waals surface area contributed by atoms with Gasteiger partial charge >= 0.3 is 65.3 Å². The van der Waals surface area contributed by atoms with Crippen molar-refractivity contribution in [1.82, 2.24) is 6.61 Å². The minimum absolute atomic E-state index is 0.0560. The summed E-state index contributed by atoms with van der Waals surface area (Å²) in [7, 11) is 0. The predicted molar refractivity (Wildman–Crippen MR) is 34.8 cm³/mol. The molecule has 0 aliphatic carbocycles. The quantitative estimate of drug-likeness (QED) is 0.610. The minimum atomic E-state index is -1.44. The zero-order valence-electron chi connectivity index (χ0n) is 5.52. The van der Waals surface area contributed by atoms with Crippen LogP contribution in [0.2, 0.25) is 0 Å². The molecule has 0 spiro atoms. The van der Waals surface area contributed by atoms with E-state index >= 15 is 0 Å².